The number of para-hydroxylation sites is 1. The molecule has 0 aliphatic carbocycles. The maximum atomic E-state index is 9.74. The Morgan fingerprint density at radius 1 is 1.22 bits per heavy atom. The summed E-state index contributed by atoms with van der Waals surface area (Å²) < 4.78 is 16.3. The molecule has 0 amide bonds. The third-order valence-electron chi connectivity index (χ3n) is 2.80. The van der Waals surface area contributed by atoms with Gasteiger partial charge < -0.3 is 19.3 Å². The summed E-state index contributed by atoms with van der Waals surface area (Å²) in [6.07, 6.45) is 2.34. The summed E-state index contributed by atoms with van der Waals surface area (Å²) in [5.74, 6) is 0.755. The molecule has 2 rings (SSSR count). The van der Waals surface area contributed by atoms with E-state index >= 15 is 0 Å². The molecule has 1 saturated heterocycles. The van der Waals surface area contributed by atoms with Gasteiger partial charge in [-0.3, -0.25) is 0 Å². The highest BCUT2D eigenvalue weighted by Gasteiger charge is 2.16. The van der Waals surface area contributed by atoms with Crippen LogP contribution in [0.1, 0.15) is 19.3 Å². The molecule has 1 N–H and O–H groups in total. The molecule has 0 aromatic heterocycles. The molecule has 0 bridgehead atoms. The summed E-state index contributed by atoms with van der Waals surface area (Å²) in [6.45, 7) is 1.23. The molecule has 1 aromatic carbocycles. The molecular weight excluding hydrogens is 232 g/mol. The van der Waals surface area contributed by atoms with Crippen molar-refractivity contribution in [1.29, 1.82) is 0 Å². The van der Waals surface area contributed by atoms with E-state index in [1.807, 2.05) is 30.3 Å². The molecule has 100 valence electrons. The first-order valence-corrected chi connectivity index (χ1v) is 6.44. The van der Waals surface area contributed by atoms with Gasteiger partial charge >= 0.3 is 0 Å². The molecule has 4 heteroatoms. The van der Waals surface area contributed by atoms with Crippen molar-refractivity contribution in [3.05, 3.63) is 30.3 Å². The fourth-order valence-corrected chi connectivity index (χ4v) is 1.82. The highest BCUT2D eigenvalue weighted by atomic mass is 16.7. The first-order valence-electron chi connectivity index (χ1n) is 6.44. The lowest BCUT2D eigenvalue weighted by Crippen LogP contribution is -2.29. The smallest absolute Gasteiger partial charge is 0.157 e. The quantitative estimate of drug-likeness (QED) is 0.841. The van der Waals surface area contributed by atoms with Gasteiger partial charge in [0.1, 0.15) is 18.5 Å². The average molecular weight is 252 g/mol. The van der Waals surface area contributed by atoms with Gasteiger partial charge in [-0.2, -0.15) is 0 Å². The van der Waals surface area contributed by atoms with E-state index < -0.39 is 6.10 Å². The van der Waals surface area contributed by atoms with Crippen molar-refractivity contribution in [2.75, 3.05) is 19.8 Å². The first kappa shape index (κ1) is 13.3. The zero-order valence-corrected chi connectivity index (χ0v) is 10.5. The largest absolute Gasteiger partial charge is 0.491 e. The summed E-state index contributed by atoms with van der Waals surface area (Å²) in [4.78, 5) is 0. The highest BCUT2D eigenvalue weighted by molar-refractivity contribution is 5.20. The molecule has 18 heavy (non-hydrogen) atoms. The van der Waals surface area contributed by atoms with Crippen LogP contribution < -0.4 is 4.74 Å². The SMILES string of the molecule is O[C@@H](COc1ccccc1)COC1CCCCO1. The fraction of sp³-hybridized carbons (Fsp3) is 0.571. The van der Waals surface area contributed by atoms with Crippen LogP contribution in [-0.4, -0.2) is 37.3 Å². The maximum absolute atomic E-state index is 9.74. The van der Waals surface area contributed by atoms with Gasteiger partial charge in [0.15, 0.2) is 6.29 Å². The maximum Gasteiger partial charge on any atom is 0.157 e. The van der Waals surface area contributed by atoms with E-state index in [0.29, 0.717) is 0 Å². The molecule has 0 saturated carbocycles. The molecule has 1 aliphatic rings. The Bertz CT molecular complexity index is 322. The predicted octanol–water partition coefficient (Wildman–Crippen LogP) is 1.97. The Morgan fingerprint density at radius 3 is 2.78 bits per heavy atom. The van der Waals surface area contributed by atoms with Gasteiger partial charge in [0, 0.05) is 6.61 Å². The van der Waals surface area contributed by atoms with Gasteiger partial charge in [-0.05, 0) is 31.4 Å². The summed E-state index contributed by atoms with van der Waals surface area (Å²) in [5, 5.41) is 9.74. The van der Waals surface area contributed by atoms with E-state index in [1.54, 1.807) is 0 Å². The molecule has 4 nitrogen and oxygen atoms in total. The van der Waals surface area contributed by atoms with Gasteiger partial charge in [-0.15, -0.1) is 0 Å². The number of ether oxygens (including phenoxy) is 3. The molecule has 0 radical (unpaired) electrons. The van der Waals surface area contributed by atoms with Crippen molar-refractivity contribution >= 4 is 0 Å². The minimum Gasteiger partial charge on any atom is -0.491 e. The van der Waals surface area contributed by atoms with Crippen LogP contribution in [0, 0.1) is 0 Å². The number of aliphatic hydroxyl groups excluding tert-OH is 1. The van der Waals surface area contributed by atoms with Crippen molar-refractivity contribution in [2.24, 2.45) is 0 Å². The normalized spacial score (nSPS) is 21.5. The van der Waals surface area contributed by atoms with Crippen LogP contribution in [0.2, 0.25) is 0 Å². The van der Waals surface area contributed by atoms with Gasteiger partial charge in [0.2, 0.25) is 0 Å². The molecule has 1 unspecified atom stereocenters. The Labute approximate surface area is 107 Å². The second-order valence-corrected chi connectivity index (χ2v) is 4.41. The standard InChI is InChI=1S/C14H20O4/c15-12(10-17-13-6-2-1-3-7-13)11-18-14-8-4-5-9-16-14/h1-3,6-7,12,14-15H,4-5,8-11H2/t12-,14?/m0/s1. The number of rotatable bonds is 6. The second kappa shape index (κ2) is 7.36. The second-order valence-electron chi connectivity index (χ2n) is 4.41. The molecule has 1 aliphatic heterocycles. The van der Waals surface area contributed by atoms with Crippen molar-refractivity contribution in [1.82, 2.24) is 0 Å². The fourth-order valence-electron chi connectivity index (χ4n) is 1.82. The van der Waals surface area contributed by atoms with Crippen LogP contribution in [-0.2, 0) is 9.47 Å². The van der Waals surface area contributed by atoms with Crippen LogP contribution in [0.3, 0.4) is 0 Å². The zero-order chi connectivity index (χ0) is 12.6. The third kappa shape index (κ3) is 4.64. The van der Waals surface area contributed by atoms with Gasteiger partial charge in [-0.1, -0.05) is 18.2 Å². The number of hydrogen-bond donors (Lipinski definition) is 1. The van der Waals surface area contributed by atoms with Crippen LogP contribution in [0.15, 0.2) is 30.3 Å². The predicted molar refractivity (Wildman–Crippen MR) is 67.5 cm³/mol. The van der Waals surface area contributed by atoms with Gasteiger partial charge in [-0.25, -0.2) is 0 Å². The Balaban J connectivity index is 1.61. The summed E-state index contributed by atoms with van der Waals surface area (Å²) in [6, 6.07) is 9.44. The Kier molecular flexibility index (Phi) is 5.45. The minimum absolute atomic E-state index is 0.162. The van der Waals surface area contributed by atoms with Crippen LogP contribution in [0.25, 0.3) is 0 Å². The topological polar surface area (TPSA) is 47.9 Å². The van der Waals surface area contributed by atoms with E-state index in [1.165, 1.54) is 0 Å². The van der Waals surface area contributed by atoms with E-state index in [0.717, 1.165) is 31.6 Å². The number of aliphatic hydroxyl groups is 1. The number of benzene rings is 1. The van der Waals surface area contributed by atoms with Crippen LogP contribution in [0.4, 0.5) is 0 Å². The molecule has 1 aromatic rings. The summed E-state index contributed by atoms with van der Waals surface area (Å²) in [5.41, 5.74) is 0. The first-order chi connectivity index (χ1) is 8.84. The monoisotopic (exact) mass is 252 g/mol. The minimum atomic E-state index is -0.629. The molecule has 1 heterocycles. The summed E-state index contributed by atoms with van der Waals surface area (Å²) in [7, 11) is 0. The molecule has 2 atom stereocenters. The van der Waals surface area contributed by atoms with E-state index in [4.69, 9.17) is 14.2 Å². The van der Waals surface area contributed by atoms with E-state index in [9.17, 15) is 5.11 Å². The Hall–Kier alpha value is -1.10. The van der Waals surface area contributed by atoms with Gasteiger partial charge in [0.25, 0.3) is 0 Å². The van der Waals surface area contributed by atoms with Gasteiger partial charge in [0.05, 0.1) is 6.61 Å². The average Bonchev–Trinajstić information content (AvgIpc) is 2.45. The van der Waals surface area contributed by atoms with Crippen molar-refractivity contribution < 1.29 is 19.3 Å². The highest BCUT2D eigenvalue weighted by Crippen LogP contribution is 2.14. The third-order valence-corrected chi connectivity index (χ3v) is 2.80. The molecular formula is C14H20O4. The summed E-state index contributed by atoms with van der Waals surface area (Å²) >= 11 is 0. The van der Waals surface area contributed by atoms with Crippen LogP contribution >= 0.6 is 0 Å². The van der Waals surface area contributed by atoms with Crippen molar-refractivity contribution in [3.63, 3.8) is 0 Å². The Morgan fingerprint density at radius 2 is 2.06 bits per heavy atom. The van der Waals surface area contributed by atoms with E-state index in [2.05, 4.69) is 0 Å². The lowest BCUT2D eigenvalue weighted by molar-refractivity contribution is -0.177. The molecule has 0 spiro atoms. The van der Waals surface area contributed by atoms with Crippen molar-refractivity contribution in [2.45, 2.75) is 31.7 Å². The zero-order valence-electron chi connectivity index (χ0n) is 10.5. The number of hydrogen-bond acceptors (Lipinski definition) is 4. The lowest BCUT2D eigenvalue weighted by Gasteiger charge is -2.23. The molecule has 1 fully saturated rings. The van der Waals surface area contributed by atoms with E-state index in [-0.39, 0.29) is 19.5 Å². The van der Waals surface area contributed by atoms with Crippen molar-refractivity contribution in [3.8, 4) is 5.75 Å². The van der Waals surface area contributed by atoms with Crippen LogP contribution in [0.5, 0.6) is 5.75 Å². The lowest BCUT2D eigenvalue weighted by atomic mass is 10.2.